The number of carbonyl (C=O) groups is 2. The van der Waals surface area contributed by atoms with E-state index in [-0.39, 0.29) is 11.3 Å². The third-order valence-corrected chi connectivity index (χ3v) is 4.85. The van der Waals surface area contributed by atoms with Gasteiger partial charge in [-0.25, -0.2) is 9.78 Å². The number of thioether (sulfide) groups is 1. The van der Waals surface area contributed by atoms with E-state index in [4.69, 9.17) is 9.47 Å². The summed E-state index contributed by atoms with van der Waals surface area (Å²) in [4.78, 5) is 41.2. The molecule has 0 unspecified atom stereocenters. The second-order valence-electron chi connectivity index (χ2n) is 5.63. The average Bonchev–Trinajstić information content (AvgIpc) is 3.12. The molecular weight excluding hydrogens is 356 g/mol. The van der Waals surface area contributed by atoms with Gasteiger partial charge < -0.3 is 9.47 Å². The number of rotatable bonds is 6. The quantitative estimate of drug-likeness (QED) is 0.435. The van der Waals surface area contributed by atoms with Crippen LogP contribution in [-0.2, 0) is 11.3 Å². The van der Waals surface area contributed by atoms with Crippen molar-refractivity contribution in [2.75, 3.05) is 12.4 Å². The van der Waals surface area contributed by atoms with Gasteiger partial charge in [-0.15, -0.1) is 0 Å². The molecule has 1 aromatic carbocycles. The predicted molar refractivity (Wildman–Crippen MR) is 96.0 cm³/mol. The number of nitrogens with zero attached hydrogens (tertiary/aromatic N) is 2. The number of esters is 1. The Morgan fingerprint density at radius 3 is 2.73 bits per heavy atom. The average molecular weight is 374 g/mol. The van der Waals surface area contributed by atoms with Gasteiger partial charge in [0, 0.05) is 17.9 Å². The molecule has 26 heavy (non-hydrogen) atoms. The molecule has 0 aliphatic carbocycles. The van der Waals surface area contributed by atoms with Gasteiger partial charge in [-0.1, -0.05) is 11.8 Å². The maximum Gasteiger partial charge on any atom is 0.346 e. The Bertz CT molecular complexity index is 891. The zero-order chi connectivity index (χ0) is 18.7. The summed E-state index contributed by atoms with van der Waals surface area (Å²) in [5.41, 5.74) is -0.206. The van der Waals surface area contributed by atoms with Crippen molar-refractivity contribution >= 4 is 23.5 Å². The van der Waals surface area contributed by atoms with Crippen molar-refractivity contribution in [3.8, 4) is 5.75 Å². The van der Waals surface area contributed by atoms with Crippen molar-refractivity contribution in [2.45, 2.75) is 31.7 Å². The van der Waals surface area contributed by atoms with Crippen molar-refractivity contribution in [3.05, 3.63) is 51.9 Å². The summed E-state index contributed by atoms with van der Waals surface area (Å²) in [5, 5.41) is 0.588. The van der Waals surface area contributed by atoms with Crippen LogP contribution in [0.1, 0.15) is 34.6 Å². The molecule has 0 spiro atoms. The number of ketones is 1. The molecule has 0 saturated heterocycles. The van der Waals surface area contributed by atoms with Crippen molar-refractivity contribution in [1.29, 1.82) is 0 Å². The molecule has 0 radical (unpaired) electrons. The van der Waals surface area contributed by atoms with Gasteiger partial charge >= 0.3 is 5.97 Å². The first-order valence-corrected chi connectivity index (χ1v) is 9.20. The zero-order valence-electron chi connectivity index (χ0n) is 14.4. The first kappa shape index (κ1) is 18.2. The van der Waals surface area contributed by atoms with Crippen LogP contribution in [0.4, 0.5) is 0 Å². The molecule has 0 N–H and O–H groups in total. The first-order valence-electron chi connectivity index (χ1n) is 8.22. The summed E-state index contributed by atoms with van der Waals surface area (Å²) in [6.07, 6.45) is 0.190. The minimum Gasteiger partial charge on any atom is -0.494 e. The van der Waals surface area contributed by atoms with Crippen molar-refractivity contribution in [3.63, 3.8) is 0 Å². The lowest BCUT2D eigenvalue weighted by Crippen LogP contribution is -2.31. The topological polar surface area (TPSA) is 87.5 Å². The Labute approximate surface area is 154 Å². The van der Waals surface area contributed by atoms with Gasteiger partial charge in [0.25, 0.3) is 5.56 Å². The van der Waals surface area contributed by atoms with Gasteiger partial charge in [0.15, 0.2) is 11.3 Å². The first-order chi connectivity index (χ1) is 12.5. The van der Waals surface area contributed by atoms with Gasteiger partial charge in [0.2, 0.25) is 5.78 Å². The number of carbonyl (C=O) groups excluding carboxylic acids is 2. The minimum absolute atomic E-state index is 0.164. The van der Waals surface area contributed by atoms with Gasteiger partial charge in [-0.3, -0.25) is 14.2 Å². The van der Waals surface area contributed by atoms with Gasteiger partial charge in [0.05, 0.1) is 12.8 Å². The smallest absolute Gasteiger partial charge is 0.346 e. The Morgan fingerprint density at radius 2 is 2.04 bits per heavy atom. The van der Waals surface area contributed by atoms with Crippen LogP contribution < -0.4 is 10.3 Å². The standard InChI is InChI=1S/C18H18N2O5S/c1-3-24-13-6-4-12(5-7-13)15(21)11(2)25-17(23)14-10-19-18-20(16(14)22)8-9-26-18/h4-7,10-11H,3,8-9H2,1-2H3/t11-/m0/s1. The molecule has 1 aliphatic rings. The molecule has 1 aliphatic heterocycles. The van der Waals surface area contributed by atoms with Crippen LogP contribution in [0, 0.1) is 0 Å². The molecule has 2 heterocycles. The Hall–Kier alpha value is -2.61. The van der Waals surface area contributed by atoms with Gasteiger partial charge in [-0.05, 0) is 38.1 Å². The number of benzene rings is 1. The van der Waals surface area contributed by atoms with Crippen LogP contribution in [0.3, 0.4) is 0 Å². The molecular formula is C18H18N2O5S. The van der Waals surface area contributed by atoms with E-state index in [1.54, 1.807) is 24.3 Å². The molecule has 7 nitrogen and oxygen atoms in total. The van der Waals surface area contributed by atoms with E-state index in [0.717, 1.165) is 5.75 Å². The molecule has 1 aromatic heterocycles. The van der Waals surface area contributed by atoms with E-state index in [9.17, 15) is 14.4 Å². The lowest BCUT2D eigenvalue weighted by Gasteiger charge is -2.13. The van der Waals surface area contributed by atoms with E-state index < -0.39 is 17.6 Å². The second-order valence-corrected chi connectivity index (χ2v) is 6.69. The highest BCUT2D eigenvalue weighted by molar-refractivity contribution is 7.99. The Kier molecular flexibility index (Phi) is 5.41. The lowest BCUT2D eigenvalue weighted by molar-refractivity contribution is 0.0315. The van der Waals surface area contributed by atoms with Gasteiger partial charge in [0.1, 0.15) is 11.3 Å². The summed E-state index contributed by atoms with van der Waals surface area (Å²) in [6, 6.07) is 6.58. The molecule has 1 atom stereocenters. The summed E-state index contributed by atoms with van der Waals surface area (Å²) >= 11 is 1.46. The zero-order valence-corrected chi connectivity index (χ0v) is 15.2. The van der Waals surface area contributed by atoms with Crippen LogP contribution in [0.15, 0.2) is 40.4 Å². The fraction of sp³-hybridized carbons (Fsp3) is 0.333. The number of fused-ring (bicyclic) bond motifs is 1. The van der Waals surface area contributed by atoms with Crippen LogP contribution in [0.25, 0.3) is 0 Å². The summed E-state index contributed by atoms with van der Waals surface area (Å²) < 4.78 is 12.0. The third kappa shape index (κ3) is 3.65. The molecule has 0 saturated carbocycles. The number of hydrogen-bond acceptors (Lipinski definition) is 7. The summed E-state index contributed by atoms with van der Waals surface area (Å²) in [7, 11) is 0. The maximum atomic E-state index is 12.4. The van der Waals surface area contributed by atoms with E-state index in [2.05, 4.69) is 4.98 Å². The molecule has 0 bridgehead atoms. The van der Waals surface area contributed by atoms with E-state index in [1.165, 1.54) is 29.4 Å². The van der Waals surface area contributed by atoms with E-state index >= 15 is 0 Å². The van der Waals surface area contributed by atoms with E-state index in [1.807, 2.05) is 6.92 Å². The summed E-state index contributed by atoms with van der Waals surface area (Å²) in [6.45, 7) is 4.39. The Morgan fingerprint density at radius 1 is 1.31 bits per heavy atom. The largest absolute Gasteiger partial charge is 0.494 e. The lowest BCUT2D eigenvalue weighted by atomic mass is 10.1. The highest BCUT2D eigenvalue weighted by Crippen LogP contribution is 2.21. The second kappa shape index (κ2) is 7.74. The highest BCUT2D eigenvalue weighted by atomic mass is 32.2. The van der Waals surface area contributed by atoms with Crippen LogP contribution in [0.5, 0.6) is 5.75 Å². The maximum absolute atomic E-state index is 12.4. The normalized spacial score (nSPS) is 13.8. The van der Waals surface area contributed by atoms with Crippen LogP contribution >= 0.6 is 11.8 Å². The SMILES string of the molecule is CCOc1ccc(C(=O)[C@H](C)OC(=O)c2cnc3n(c2=O)CCS3)cc1. The van der Waals surface area contributed by atoms with E-state index in [0.29, 0.717) is 29.6 Å². The van der Waals surface area contributed by atoms with Crippen molar-refractivity contribution < 1.29 is 19.1 Å². The minimum atomic E-state index is -1.02. The molecule has 0 fully saturated rings. The van der Waals surface area contributed by atoms with Crippen LogP contribution in [-0.4, -0.2) is 39.8 Å². The molecule has 0 amide bonds. The molecule has 8 heteroatoms. The fourth-order valence-electron chi connectivity index (χ4n) is 2.55. The fourth-order valence-corrected chi connectivity index (χ4v) is 3.47. The highest BCUT2D eigenvalue weighted by Gasteiger charge is 2.25. The number of aromatic nitrogens is 2. The van der Waals surface area contributed by atoms with Crippen molar-refractivity contribution in [1.82, 2.24) is 9.55 Å². The molecule has 3 rings (SSSR count). The monoisotopic (exact) mass is 374 g/mol. The predicted octanol–water partition coefficient (Wildman–Crippen LogP) is 2.18. The van der Waals surface area contributed by atoms with Crippen LogP contribution in [0.2, 0.25) is 0 Å². The van der Waals surface area contributed by atoms with Gasteiger partial charge in [-0.2, -0.15) is 0 Å². The number of hydrogen-bond donors (Lipinski definition) is 0. The van der Waals surface area contributed by atoms with Crippen molar-refractivity contribution in [2.24, 2.45) is 0 Å². The number of Topliss-reactive ketones (excluding diaryl/α,β-unsaturated/α-hetero) is 1. The third-order valence-electron chi connectivity index (χ3n) is 3.88. The number of ether oxygens (including phenoxy) is 2. The Balaban J connectivity index is 1.71. The molecule has 136 valence electrons. The molecule has 2 aromatic rings. The summed E-state index contributed by atoms with van der Waals surface area (Å²) in [5.74, 6) is 0.198.